The first-order chi connectivity index (χ1) is 14.4. The number of sulfonamides is 1. The Kier molecular flexibility index (Phi) is 7.95. The Morgan fingerprint density at radius 2 is 1.57 bits per heavy atom. The van der Waals surface area contributed by atoms with E-state index >= 15 is 0 Å². The average molecular weight is 434 g/mol. The summed E-state index contributed by atoms with van der Waals surface area (Å²) in [6, 6.07) is 12.7. The number of likely N-dealkylation sites (tertiary alicyclic amines) is 1. The topological polar surface area (TPSA) is 78.5 Å². The van der Waals surface area contributed by atoms with E-state index in [1.807, 2.05) is 12.1 Å². The highest BCUT2D eigenvalue weighted by molar-refractivity contribution is 7.89. The van der Waals surface area contributed by atoms with E-state index in [1.165, 1.54) is 37.0 Å². The van der Waals surface area contributed by atoms with Crippen LogP contribution in [0.5, 0.6) is 0 Å². The van der Waals surface area contributed by atoms with Crippen molar-refractivity contribution in [2.45, 2.75) is 43.7 Å². The van der Waals surface area contributed by atoms with Gasteiger partial charge in [-0.2, -0.15) is 0 Å². The van der Waals surface area contributed by atoms with Crippen molar-refractivity contribution in [2.24, 2.45) is 0 Å². The summed E-state index contributed by atoms with van der Waals surface area (Å²) < 4.78 is 39.5. The molecular weight excluding hydrogens is 405 g/mol. The van der Waals surface area contributed by atoms with Gasteiger partial charge in [0.2, 0.25) is 15.9 Å². The van der Waals surface area contributed by atoms with E-state index in [1.54, 1.807) is 0 Å². The molecule has 1 aliphatic heterocycles. The number of hydrogen-bond acceptors (Lipinski definition) is 4. The van der Waals surface area contributed by atoms with Crippen LogP contribution in [0, 0.1) is 5.82 Å². The van der Waals surface area contributed by atoms with Crippen LogP contribution in [0.4, 0.5) is 4.39 Å². The number of benzene rings is 2. The van der Waals surface area contributed by atoms with Crippen LogP contribution in [0.2, 0.25) is 0 Å². The predicted molar refractivity (Wildman–Crippen MR) is 114 cm³/mol. The summed E-state index contributed by atoms with van der Waals surface area (Å²) in [5.41, 5.74) is 2.26. The molecule has 0 atom stereocenters. The monoisotopic (exact) mass is 433 g/mol. The lowest BCUT2D eigenvalue weighted by Gasteiger charge is -2.26. The van der Waals surface area contributed by atoms with Gasteiger partial charge in [-0.25, -0.2) is 17.5 Å². The molecule has 1 saturated heterocycles. The van der Waals surface area contributed by atoms with Crippen molar-refractivity contribution in [3.05, 3.63) is 65.5 Å². The first kappa shape index (κ1) is 22.4. The first-order valence-corrected chi connectivity index (χ1v) is 11.7. The van der Waals surface area contributed by atoms with Gasteiger partial charge in [0.1, 0.15) is 5.82 Å². The maximum atomic E-state index is 12.9. The summed E-state index contributed by atoms with van der Waals surface area (Å²) in [5, 5.41) is 2.80. The zero-order valence-corrected chi connectivity index (χ0v) is 17.8. The summed E-state index contributed by atoms with van der Waals surface area (Å²) in [6.45, 7) is 3.64. The van der Waals surface area contributed by atoms with Gasteiger partial charge in [-0.05, 0) is 61.3 Å². The molecule has 30 heavy (non-hydrogen) atoms. The van der Waals surface area contributed by atoms with Gasteiger partial charge in [-0.1, -0.05) is 30.7 Å². The fourth-order valence-electron chi connectivity index (χ4n) is 3.42. The molecule has 0 saturated carbocycles. The van der Waals surface area contributed by atoms with Gasteiger partial charge < -0.3 is 5.32 Å². The molecule has 1 amide bonds. The van der Waals surface area contributed by atoms with Crippen LogP contribution >= 0.6 is 0 Å². The molecule has 0 aliphatic carbocycles. The fourth-order valence-corrected chi connectivity index (χ4v) is 4.46. The number of hydrogen-bond donors (Lipinski definition) is 2. The van der Waals surface area contributed by atoms with Crippen LogP contribution in [-0.2, 0) is 27.9 Å². The van der Waals surface area contributed by atoms with Crippen LogP contribution in [0.1, 0.15) is 36.8 Å². The lowest BCUT2D eigenvalue weighted by Crippen LogP contribution is -2.30. The molecule has 0 bridgehead atoms. The molecule has 0 radical (unpaired) electrons. The van der Waals surface area contributed by atoms with Gasteiger partial charge in [0, 0.05) is 26.1 Å². The van der Waals surface area contributed by atoms with Gasteiger partial charge in [0.15, 0.2) is 0 Å². The third-order valence-electron chi connectivity index (χ3n) is 5.14. The molecule has 0 spiro atoms. The van der Waals surface area contributed by atoms with Crippen LogP contribution in [0.3, 0.4) is 0 Å². The number of carbonyl (C=O) groups excluding carboxylic acids is 1. The van der Waals surface area contributed by atoms with E-state index in [4.69, 9.17) is 0 Å². The smallest absolute Gasteiger partial charge is 0.240 e. The SMILES string of the molecule is O=C(CCNS(=O)(=O)c1ccc(F)cc1)NCc1ccc(CN2CCCCC2)cc1. The Balaban J connectivity index is 1.38. The summed E-state index contributed by atoms with van der Waals surface area (Å²) >= 11 is 0. The molecule has 6 nitrogen and oxygen atoms in total. The zero-order chi connectivity index (χ0) is 21.4. The van der Waals surface area contributed by atoms with Gasteiger partial charge in [-0.15, -0.1) is 0 Å². The molecule has 2 aromatic rings. The molecule has 2 N–H and O–H groups in total. The molecule has 162 valence electrons. The quantitative estimate of drug-likeness (QED) is 0.638. The second-order valence-corrected chi connectivity index (χ2v) is 9.30. The minimum Gasteiger partial charge on any atom is -0.352 e. The Labute approximate surface area is 177 Å². The Morgan fingerprint density at radius 1 is 0.933 bits per heavy atom. The Morgan fingerprint density at radius 3 is 2.23 bits per heavy atom. The number of piperidine rings is 1. The molecule has 0 aromatic heterocycles. The lowest BCUT2D eigenvalue weighted by molar-refractivity contribution is -0.121. The highest BCUT2D eigenvalue weighted by atomic mass is 32.2. The van der Waals surface area contributed by atoms with Crippen molar-refractivity contribution in [3.63, 3.8) is 0 Å². The lowest BCUT2D eigenvalue weighted by atomic mass is 10.1. The van der Waals surface area contributed by atoms with Crippen LogP contribution in [0.15, 0.2) is 53.4 Å². The summed E-state index contributed by atoms with van der Waals surface area (Å²) in [4.78, 5) is 14.4. The van der Waals surface area contributed by atoms with E-state index in [0.717, 1.165) is 37.3 Å². The number of nitrogens with one attached hydrogen (secondary N) is 2. The van der Waals surface area contributed by atoms with E-state index in [9.17, 15) is 17.6 Å². The second kappa shape index (κ2) is 10.7. The van der Waals surface area contributed by atoms with Crippen molar-refractivity contribution in [2.75, 3.05) is 19.6 Å². The minimum absolute atomic E-state index is 0.0213. The van der Waals surface area contributed by atoms with E-state index in [2.05, 4.69) is 27.1 Å². The molecule has 1 aliphatic rings. The highest BCUT2D eigenvalue weighted by Crippen LogP contribution is 2.14. The van der Waals surface area contributed by atoms with E-state index < -0.39 is 15.8 Å². The van der Waals surface area contributed by atoms with E-state index in [-0.39, 0.29) is 23.8 Å². The maximum Gasteiger partial charge on any atom is 0.240 e. The van der Waals surface area contributed by atoms with Crippen molar-refractivity contribution >= 4 is 15.9 Å². The molecule has 8 heteroatoms. The average Bonchev–Trinajstić information content (AvgIpc) is 2.74. The summed E-state index contributed by atoms with van der Waals surface area (Å²) in [6.07, 6.45) is 3.88. The molecule has 1 heterocycles. The molecule has 0 unspecified atom stereocenters. The highest BCUT2D eigenvalue weighted by Gasteiger charge is 2.14. The predicted octanol–water partition coefficient (Wildman–Crippen LogP) is 2.80. The number of nitrogens with zero attached hydrogens (tertiary/aromatic N) is 1. The van der Waals surface area contributed by atoms with Crippen molar-refractivity contribution in [3.8, 4) is 0 Å². The number of amides is 1. The van der Waals surface area contributed by atoms with Crippen LogP contribution in [0.25, 0.3) is 0 Å². The standard InChI is InChI=1S/C22H28FN3O3S/c23-20-8-10-21(11-9-20)30(28,29)25-13-12-22(27)24-16-18-4-6-19(7-5-18)17-26-14-2-1-3-15-26/h4-11,25H,1-3,12-17H2,(H,24,27). The van der Waals surface area contributed by atoms with Crippen molar-refractivity contribution in [1.82, 2.24) is 14.9 Å². The summed E-state index contributed by atoms with van der Waals surface area (Å²) in [7, 11) is -3.76. The van der Waals surface area contributed by atoms with Crippen molar-refractivity contribution < 1.29 is 17.6 Å². The van der Waals surface area contributed by atoms with Gasteiger partial charge in [0.25, 0.3) is 0 Å². The Hall–Kier alpha value is -2.29. The normalized spacial score (nSPS) is 15.1. The number of rotatable bonds is 9. The van der Waals surface area contributed by atoms with Gasteiger partial charge >= 0.3 is 0 Å². The first-order valence-electron chi connectivity index (χ1n) is 10.2. The largest absolute Gasteiger partial charge is 0.352 e. The third kappa shape index (κ3) is 6.90. The molecule has 1 fully saturated rings. The van der Waals surface area contributed by atoms with Crippen LogP contribution < -0.4 is 10.0 Å². The summed E-state index contributed by atoms with van der Waals surface area (Å²) in [5.74, 6) is -0.748. The fraction of sp³-hybridized carbons (Fsp3) is 0.409. The van der Waals surface area contributed by atoms with Gasteiger partial charge in [0.05, 0.1) is 4.90 Å². The third-order valence-corrected chi connectivity index (χ3v) is 6.61. The molecular formula is C22H28FN3O3S. The molecule has 3 rings (SSSR count). The number of halogens is 1. The molecule has 2 aromatic carbocycles. The zero-order valence-electron chi connectivity index (χ0n) is 16.9. The van der Waals surface area contributed by atoms with Crippen LogP contribution in [-0.4, -0.2) is 38.9 Å². The minimum atomic E-state index is -3.76. The number of carbonyl (C=O) groups is 1. The Bertz CT molecular complexity index is 925. The van der Waals surface area contributed by atoms with Gasteiger partial charge in [-0.3, -0.25) is 9.69 Å². The van der Waals surface area contributed by atoms with Crippen molar-refractivity contribution in [1.29, 1.82) is 0 Å². The van der Waals surface area contributed by atoms with E-state index in [0.29, 0.717) is 6.54 Å². The second-order valence-electron chi connectivity index (χ2n) is 7.53. The maximum absolute atomic E-state index is 12.9.